The van der Waals surface area contributed by atoms with Gasteiger partial charge in [-0.2, -0.15) is 0 Å². The molecule has 0 aromatic rings. The Hall–Kier alpha value is 1.28. The van der Waals surface area contributed by atoms with E-state index in [0.717, 1.165) is 13.2 Å². The van der Waals surface area contributed by atoms with Crippen molar-refractivity contribution in [1.82, 2.24) is 0 Å². The Balaban J connectivity index is -0.000000410. The van der Waals surface area contributed by atoms with E-state index in [1.165, 1.54) is 13.6 Å². The van der Waals surface area contributed by atoms with Crippen LogP contribution in [0.15, 0.2) is 0 Å². The van der Waals surface area contributed by atoms with E-state index < -0.39 is 12.2 Å². The molecular weight excluding hydrogens is 562 g/mol. The molecule has 0 aromatic carbocycles. The van der Waals surface area contributed by atoms with Gasteiger partial charge in [-0.15, -0.1) is 0 Å². The molecule has 2 saturated heterocycles. The molecular formula is C16H30O12Y2-2. The van der Waals surface area contributed by atoms with Crippen LogP contribution in [0, 0.1) is 6.92 Å². The van der Waals surface area contributed by atoms with Crippen molar-refractivity contribution in [3.63, 3.8) is 0 Å². The summed E-state index contributed by atoms with van der Waals surface area (Å²) in [7, 11) is 1.18. The Morgan fingerprint density at radius 1 is 0.967 bits per heavy atom. The SMILES string of the molecule is C(OCC1CO1)OCC1CO1.COO.[CH2-]C(O)COCOCC(O)CO[C-]=O.[Y].[Y]. The quantitative estimate of drug-likeness (QED) is 0.0506. The van der Waals surface area contributed by atoms with Gasteiger partial charge in [-0.1, -0.05) is 6.47 Å². The minimum Gasteiger partial charge on any atom is -0.651 e. The van der Waals surface area contributed by atoms with Crippen molar-refractivity contribution in [2.45, 2.75) is 24.4 Å². The maximum absolute atomic E-state index is 9.60. The van der Waals surface area contributed by atoms with Crippen LogP contribution in [0.25, 0.3) is 0 Å². The molecule has 3 N–H and O–H groups in total. The van der Waals surface area contributed by atoms with Crippen molar-refractivity contribution in [1.29, 1.82) is 0 Å². The molecule has 2 aliphatic heterocycles. The van der Waals surface area contributed by atoms with Crippen LogP contribution in [0.5, 0.6) is 0 Å². The van der Waals surface area contributed by atoms with E-state index in [4.69, 9.17) is 43.9 Å². The topological polar surface area (TPSA) is 158 Å². The molecule has 2 fully saturated rings. The van der Waals surface area contributed by atoms with Crippen LogP contribution in [0.2, 0.25) is 0 Å². The maximum Gasteiger partial charge on any atom is 0.146 e. The first-order valence-electron chi connectivity index (χ1n) is 8.43. The average Bonchev–Trinajstić information content (AvgIpc) is 3.55. The zero-order valence-corrected chi connectivity index (χ0v) is 22.7. The van der Waals surface area contributed by atoms with Gasteiger partial charge in [0, 0.05) is 72.0 Å². The van der Waals surface area contributed by atoms with E-state index in [1.54, 1.807) is 0 Å². The largest absolute Gasteiger partial charge is 0.651 e. The Bertz CT molecular complexity index is 332. The normalized spacial score (nSPS) is 19.9. The van der Waals surface area contributed by atoms with Crippen LogP contribution in [0.3, 0.4) is 0 Å². The fourth-order valence-electron chi connectivity index (χ4n) is 1.35. The summed E-state index contributed by atoms with van der Waals surface area (Å²) in [5, 5.41) is 24.8. The standard InChI is InChI=1S/C8H14O6.C7H12O4.CH4O2.2Y/c1-7(10)2-13-6-14-4-8(11)3-12-5-9;1(6-3-10-6)8-5-9-2-7-4-11-7;1-3-2;;/h7-8,10-11H,1-4,6H2;6-7H,1-5H2;2H,1H3;;/q-2;;;;. The van der Waals surface area contributed by atoms with E-state index in [9.17, 15) is 4.79 Å². The molecule has 12 nitrogen and oxygen atoms in total. The molecule has 30 heavy (non-hydrogen) atoms. The molecule has 2 radical (unpaired) electrons. The van der Waals surface area contributed by atoms with E-state index in [2.05, 4.69) is 16.5 Å². The molecule has 0 saturated carbocycles. The van der Waals surface area contributed by atoms with Gasteiger partial charge in [0.1, 0.15) is 31.9 Å². The summed E-state index contributed by atoms with van der Waals surface area (Å²) in [6, 6.07) is 0. The Kier molecular flexibility index (Phi) is 31.7. The molecule has 14 heteroatoms. The van der Waals surface area contributed by atoms with Crippen LogP contribution in [-0.2, 0) is 108 Å². The second-order valence-corrected chi connectivity index (χ2v) is 5.51. The van der Waals surface area contributed by atoms with Crippen LogP contribution in [0.4, 0.5) is 0 Å². The monoisotopic (exact) mass is 592 g/mol. The van der Waals surface area contributed by atoms with E-state index >= 15 is 0 Å². The number of ether oxygens (including phenoxy) is 7. The number of hydrogen-bond acceptors (Lipinski definition) is 12. The van der Waals surface area contributed by atoms with E-state index in [1.807, 2.05) is 0 Å². The molecule has 2 heterocycles. The molecule has 4 unspecified atom stereocenters. The molecule has 4 atom stereocenters. The van der Waals surface area contributed by atoms with E-state index in [-0.39, 0.29) is 92.0 Å². The zero-order chi connectivity index (χ0) is 21.0. The summed E-state index contributed by atoms with van der Waals surface area (Å²) in [6.45, 7) is 7.63. The van der Waals surface area contributed by atoms with Gasteiger partial charge in [-0.3, -0.25) is 5.26 Å². The Labute approximate surface area is 226 Å². The van der Waals surface area contributed by atoms with Crippen LogP contribution >= 0.6 is 0 Å². The van der Waals surface area contributed by atoms with Crippen LogP contribution in [-0.4, -0.2) is 113 Å². The number of aliphatic hydroxyl groups excluding tert-OH is 2. The number of rotatable bonds is 15. The van der Waals surface area contributed by atoms with Gasteiger partial charge >= 0.3 is 0 Å². The third-order valence-corrected chi connectivity index (χ3v) is 2.70. The minimum atomic E-state index is -0.898. The fraction of sp³-hybridized carbons (Fsp3) is 0.875. The molecule has 174 valence electrons. The Morgan fingerprint density at radius 2 is 1.40 bits per heavy atom. The summed E-state index contributed by atoms with van der Waals surface area (Å²) in [4.78, 5) is 12.9. The Morgan fingerprint density at radius 3 is 1.80 bits per heavy atom. The second kappa shape index (κ2) is 26.5. The number of aliphatic hydroxyl groups is 2. The molecule has 0 aliphatic carbocycles. The van der Waals surface area contributed by atoms with Gasteiger partial charge in [0.05, 0.1) is 46.8 Å². The van der Waals surface area contributed by atoms with Gasteiger partial charge in [-0.05, 0) is 6.10 Å². The fourth-order valence-corrected chi connectivity index (χ4v) is 1.35. The number of carbonyl (C=O) groups excluding carboxylic acids is 1. The van der Waals surface area contributed by atoms with Crippen molar-refractivity contribution >= 4 is 6.47 Å². The summed E-state index contributed by atoms with van der Waals surface area (Å²) in [5.41, 5.74) is 0. The van der Waals surface area contributed by atoms with E-state index in [0.29, 0.717) is 32.2 Å². The third kappa shape index (κ3) is 31.5. The predicted molar refractivity (Wildman–Crippen MR) is 91.7 cm³/mol. The molecule has 0 aromatic heterocycles. The molecule has 2 rings (SSSR count). The van der Waals surface area contributed by atoms with Crippen molar-refractivity contribution < 1.29 is 124 Å². The third-order valence-electron chi connectivity index (χ3n) is 2.70. The smallest absolute Gasteiger partial charge is 0.146 e. The molecule has 2 aliphatic rings. The van der Waals surface area contributed by atoms with Gasteiger partial charge in [-0.25, -0.2) is 4.89 Å². The minimum absolute atomic E-state index is 0. The first-order valence-corrected chi connectivity index (χ1v) is 8.43. The molecule has 0 amide bonds. The summed E-state index contributed by atoms with van der Waals surface area (Å²) >= 11 is 0. The molecule has 0 bridgehead atoms. The molecule has 0 spiro atoms. The number of hydrogen-bond donors (Lipinski definition) is 3. The van der Waals surface area contributed by atoms with Crippen molar-refractivity contribution in [2.24, 2.45) is 0 Å². The van der Waals surface area contributed by atoms with Gasteiger partial charge < -0.3 is 55.1 Å². The van der Waals surface area contributed by atoms with Crippen LogP contribution in [0.1, 0.15) is 0 Å². The van der Waals surface area contributed by atoms with Crippen LogP contribution < -0.4 is 0 Å². The average molecular weight is 592 g/mol. The maximum atomic E-state index is 9.60. The van der Waals surface area contributed by atoms with Crippen molar-refractivity contribution in [3.05, 3.63) is 6.92 Å². The zero-order valence-electron chi connectivity index (χ0n) is 17.1. The summed E-state index contributed by atoms with van der Waals surface area (Å²) in [5.74, 6) is 0. The second-order valence-electron chi connectivity index (χ2n) is 5.51. The van der Waals surface area contributed by atoms with Gasteiger partial charge in [0.15, 0.2) is 0 Å². The van der Waals surface area contributed by atoms with Gasteiger partial charge in [0.2, 0.25) is 0 Å². The van der Waals surface area contributed by atoms with Gasteiger partial charge in [0.25, 0.3) is 0 Å². The van der Waals surface area contributed by atoms with Crippen molar-refractivity contribution in [2.75, 3.05) is 66.9 Å². The first-order chi connectivity index (χ1) is 13.5. The summed E-state index contributed by atoms with van der Waals surface area (Å²) in [6.07, 6.45) is -1.03. The van der Waals surface area contributed by atoms with Crippen molar-refractivity contribution in [3.8, 4) is 0 Å². The number of epoxide rings is 2. The first kappa shape index (κ1) is 35.9. The predicted octanol–water partition coefficient (Wildman–Crippen LogP) is -1.51. The summed E-state index contributed by atoms with van der Waals surface area (Å²) < 4.78 is 33.9.